The molecule has 1 aromatic heterocycles. The summed E-state index contributed by atoms with van der Waals surface area (Å²) in [6.45, 7) is 3.76. The summed E-state index contributed by atoms with van der Waals surface area (Å²) in [6, 6.07) is 12.3. The zero-order valence-corrected chi connectivity index (χ0v) is 18.7. The van der Waals surface area contributed by atoms with Gasteiger partial charge in [0.25, 0.3) is 12.4 Å². The summed E-state index contributed by atoms with van der Waals surface area (Å²) in [5.74, 6) is -1.14. The number of aromatic hydroxyl groups is 1. The van der Waals surface area contributed by atoms with Crippen LogP contribution < -0.4 is 9.75 Å². The van der Waals surface area contributed by atoms with E-state index >= 15 is 0 Å². The number of aryl methyl sites for hydroxylation is 1. The number of ether oxygens (including phenoxy) is 1. The molecule has 0 radical (unpaired) electrons. The second-order valence-corrected chi connectivity index (χ2v) is 7.54. The Morgan fingerprint density at radius 1 is 1.03 bits per heavy atom. The van der Waals surface area contributed by atoms with E-state index in [2.05, 4.69) is 10.2 Å². The van der Waals surface area contributed by atoms with E-state index in [1.807, 2.05) is 0 Å². The van der Waals surface area contributed by atoms with Crippen LogP contribution in [-0.2, 0) is 9.59 Å². The average Bonchev–Trinajstić information content (AvgIpc) is 3.29. The van der Waals surface area contributed by atoms with Crippen LogP contribution in [-0.4, -0.2) is 44.1 Å². The molecular formula is C25H20N4O6. The molecule has 2 aromatic carbocycles. The van der Waals surface area contributed by atoms with Crippen LogP contribution in [0.25, 0.3) is 11.8 Å². The van der Waals surface area contributed by atoms with Crippen LogP contribution >= 0.6 is 0 Å². The third-order valence-corrected chi connectivity index (χ3v) is 5.29. The van der Waals surface area contributed by atoms with Gasteiger partial charge in [0.1, 0.15) is 5.75 Å². The first kappa shape index (κ1) is 23.2. The molecule has 0 spiro atoms. The van der Waals surface area contributed by atoms with Crippen molar-refractivity contribution in [3.05, 3.63) is 83.1 Å². The molecule has 10 nitrogen and oxygen atoms in total. The van der Waals surface area contributed by atoms with Crippen molar-refractivity contribution in [1.82, 2.24) is 9.78 Å². The molecule has 10 heteroatoms. The molecule has 2 heterocycles. The fraction of sp³-hybridized carbons (Fsp3) is 0.0800. The first-order valence-electron chi connectivity index (χ1n) is 10.4. The van der Waals surface area contributed by atoms with Crippen LogP contribution in [0.3, 0.4) is 0 Å². The van der Waals surface area contributed by atoms with Gasteiger partial charge >= 0.3 is 5.97 Å². The number of aromatic carboxylic acids is 1. The number of carbonyl (C=O) groups is 3. The molecule has 0 atom stereocenters. The van der Waals surface area contributed by atoms with Crippen LogP contribution in [0, 0.1) is 6.92 Å². The lowest BCUT2D eigenvalue weighted by atomic mass is 10.1. The van der Waals surface area contributed by atoms with E-state index in [9.17, 15) is 19.5 Å². The SMILES string of the molecule is CC1=NN(c2ccc(OC=O)cc2)C(=O)C1=CC=Cc1c(C)nn(-c2ccc(C(=O)O)cc2)c1O. The minimum atomic E-state index is -1.04. The highest BCUT2D eigenvalue weighted by molar-refractivity contribution is 6.29. The van der Waals surface area contributed by atoms with Gasteiger partial charge < -0.3 is 14.9 Å². The number of rotatable bonds is 7. The molecule has 0 saturated heterocycles. The molecule has 0 unspecified atom stereocenters. The predicted octanol–water partition coefficient (Wildman–Crippen LogP) is 3.48. The van der Waals surface area contributed by atoms with E-state index in [0.29, 0.717) is 46.1 Å². The average molecular weight is 472 g/mol. The van der Waals surface area contributed by atoms with Gasteiger partial charge in [-0.05, 0) is 74.5 Å². The Labute approximate surface area is 199 Å². The number of hydrogen-bond donors (Lipinski definition) is 2. The molecule has 1 aliphatic rings. The van der Waals surface area contributed by atoms with E-state index in [1.54, 1.807) is 68.5 Å². The van der Waals surface area contributed by atoms with Crippen molar-refractivity contribution in [1.29, 1.82) is 0 Å². The molecule has 3 aromatic rings. The number of hydrogen-bond acceptors (Lipinski definition) is 7. The Hall–Kier alpha value is -4.99. The lowest BCUT2D eigenvalue weighted by Gasteiger charge is -2.11. The number of carbonyl (C=O) groups excluding carboxylic acids is 2. The standard InChI is InChI=1S/C25H20N4O6/c1-15-21(23(31)28(26-15)18-8-6-17(7-9-18)25(33)34)4-3-5-22-16(2)27-29(24(22)32)19-10-12-20(13-11-19)35-14-30/h3-14,31H,1-2H3,(H,33,34). The maximum atomic E-state index is 12.9. The van der Waals surface area contributed by atoms with Crippen LogP contribution in [0.2, 0.25) is 0 Å². The second kappa shape index (κ2) is 9.48. The highest BCUT2D eigenvalue weighted by Gasteiger charge is 2.28. The smallest absolute Gasteiger partial charge is 0.335 e. The summed E-state index contributed by atoms with van der Waals surface area (Å²) in [4.78, 5) is 34.4. The van der Waals surface area contributed by atoms with E-state index in [0.717, 1.165) is 0 Å². The fourth-order valence-corrected chi connectivity index (χ4v) is 3.49. The quantitative estimate of drug-likeness (QED) is 0.397. The van der Waals surface area contributed by atoms with E-state index in [1.165, 1.54) is 21.8 Å². The van der Waals surface area contributed by atoms with Crippen molar-refractivity contribution < 1.29 is 29.3 Å². The van der Waals surface area contributed by atoms with Crippen LogP contribution in [0.5, 0.6) is 11.6 Å². The van der Waals surface area contributed by atoms with Crippen molar-refractivity contribution in [3.63, 3.8) is 0 Å². The summed E-state index contributed by atoms with van der Waals surface area (Å²) in [7, 11) is 0. The van der Waals surface area contributed by atoms with Gasteiger partial charge in [0.2, 0.25) is 5.88 Å². The van der Waals surface area contributed by atoms with Crippen molar-refractivity contribution in [2.24, 2.45) is 5.10 Å². The van der Waals surface area contributed by atoms with Crippen LogP contribution in [0.4, 0.5) is 5.69 Å². The summed E-state index contributed by atoms with van der Waals surface area (Å²) in [6.07, 6.45) is 4.85. The van der Waals surface area contributed by atoms with E-state index < -0.39 is 5.97 Å². The van der Waals surface area contributed by atoms with Gasteiger partial charge in [-0.25, -0.2) is 9.48 Å². The number of carboxylic acids is 1. The van der Waals surface area contributed by atoms with Crippen LogP contribution in [0.1, 0.15) is 28.5 Å². The maximum Gasteiger partial charge on any atom is 0.335 e. The topological polar surface area (TPSA) is 134 Å². The van der Waals surface area contributed by atoms with Gasteiger partial charge in [0.05, 0.1) is 39.5 Å². The highest BCUT2D eigenvalue weighted by atomic mass is 16.5. The van der Waals surface area contributed by atoms with Gasteiger partial charge in [-0.1, -0.05) is 6.08 Å². The zero-order chi connectivity index (χ0) is 25.1. The van der Waals surface area contributed by atoms with Gasteiger partial charge in [-0.15, -0.1) is 0 Å². The Morgan fingerprint density at radius 2 is 1.69 bits per heavy atom. The fourth-order valence-electron chi connectivity index (χ4n) is 3.49. The molecule has 0 bridgehead atoms. The van der Waals surface area contributed by atoms with Crippen molar-refractivity contribution in [2.45, 2.75) is 13.8 Å². The van der Waals surface area contributed by atoms with Crippen molar-refractivity contribution in [3.8, 4) is 17.3 Å². The molecule has 4 rings (SSSR count). The Bertz CT molecular complexity index is 1400. The van der Waals surface area contributed by atoms with E-state index in [4.69, 9.17) is 9.84 Å². The third-order valence-electron chi connectivity index (χ3n) is 5.29. The number of hydrazone groups is 1. The zero-order valence-electron chi connectivity index (χ0n) is 18.7. The minimum Gasteiger partial charge on any atom is -0.493 e. The van der Waals surface area contributed by atoms with E-state index in [-0.39, 0.29) is 17.4 Å². The first-order valence-corrected chi connectivity index (χ1v) is 10.4. The lowest BCUT2D eigenvalue weighted by molar-refractivity contribution is -0.120. The highest BCUT2D eigenvalue weighted by Crippen LogP contribution is 2.28. The normalized spacial score (nSPS) is 14.6. The van der Waals surface area contributed by atoms with Gasteiger partial charge in [0, 0.05) is 0 Å². The molecule has 1 aliphatic heterocycles. The summed E-state index contributed by atoms with van der Waals surface area (Å²) >= 11 is 0. The summed E-state index contributed by atoms with van der Waals surface area (Å²) in [5.41, 5.74) is 3.03. The predicted molar refractivity (Wildman–Crippen MR) is 128 cm³/mol. The molecule has 1 amide bonds. The molecule has 0 saturated carbocycles. The van der Waals surface area contributed by atoms with Gasteiger partial charge in [-0.3, -0.25) is 9.59 Å². The van der Waals surface area contributed by atoms with Crippen LogP contribution in [0.15, 0.2) is 71.4 Å². The molecule has 176 valence electrons. The minimum absolute atomic E-state index is 0.123. The number of amides is 1. The summed E-state index contributed by atoms with van der Waals surface area (Å²) in [5, 5.41) is 29.6. The monoisotopic (exact) mass is 472 g/mol. The molecular weight excluding hydrogens is 452 g/mol. The lowest BCUT2D eigenvalue weighted by Crippen LogP contribution is -2.21. The Kier molecular flexibility index (Phi) is 6.27. The number of nitrogens with zero attached hydrogens (tertiary/aromatic N) is 4. The second-order valence-electron chi connectivity index (χ2n) is 7.54. The Morgan fingerprint density at radius 3 is 2.31 bits per heavy atom. The molecule has 0 fully saturated rings. The number of anilines is 1. The van der Waals surface area contributed by atoms with Gasteiger partial charge in [-0.2, -0.15) is 15.2 Å². The number of carboxylic acid groups (broad SMARTS) is 1. The first-order chi connectivity index (χ1) is 16.8. The Balaban J connectivity index is 1.54. The molecule has 2 N–H and O–H groups in total. The van der Waals surface area contributed by atoms with Gasteiger partial charge in [0.15, 0.2) is 0 Å². The molecule has 35 heavy (non-hydrogen) atoms. The summed E-state index contributed by atoms with van der Waals surface area (Å²) < 4.78 is 6.07. The number of aromatic nitrogens is 2. The van der Waals surface area contributed by atoms with Crippen molar-refractivity contribution in [2.75, 3.05) is 5.01 Å². The number of benzene rings is 2. The maximum absolute atomic E-state index is 12.9. The largest absolute Gasteiger partial charge is 0.493 e. The number of allylic oxidation sites excluding steroid dienone is 2. The third kappa shape index (κ3) is 4.58. The molecule has 0 aliphatic carbocycles. The van der Waals surface area contributed by atoms with Crippen molar-refractivity contribution >= 4 is 35.8 Å².